The lowest BCUT2D eigenvalue weighted by Crippen LogP contribution is -2.50. The van der Waals surface area contributed by atoms with E-state index in [1.165, 1.54) is 19.1 Å². The fourth-order valence-corrected chi connectivity index (χ4v) is 9.45. The van der Waals surface area contributed by atoms with E-state index in [4.69, 9.17) is 29.4 Å². The molecule has 0 aromatic heterocycles. The van der Waals surface area contributed by atoms with Crippen molar-refractivity contribution in [3.8, 4) is 17.2 Å². The molecule has 0 bridgehead atoms. The minimum absolute atomic E-state index is 0.00263. The lowest BCUT2D eigenvalue weighted by atomic mass is 9.88. The van der Waals surface area contributed by atoms with E-state index in [1.54, 1.807) is 90.1 Å². The van der Waals surface area contributed by atoms with Gasteiger partial charge in [0, 0.05) is 31.3 Å². The number of hydrogen-bond acceptors (Lipinski definition) is 15. The average Bonchev–Trinajstić information content (AvgIpc) is 3.35. The Labute approximate surface area is 444 Å². The molecule has 1 heterocycles. The number of amides is 5. The number of esters is 2. The molecule has 5 amide bonds. The van der Waals surface area contributed by atoms with Gasteiger partial charge in [-0.05, 0) is 115 Å². The van der Waals surface area contributed by atoms with Crippen LogP contribution in [0.3, 0.4) is 0 Å². The van der Waals surface area contributed by atoms with Crippen molar-refractivity contribution in [3.63, 3.8) is 0 Å². The van der Waals surface area contributed by atoms with Crippen LogP contribution >= 0.6 is 0 Å². The van der Waals surface area contributed by atoms with Crippen molar-refractivity contribution in [3.05, 3.63) is 81.9 Å². The standard InChI is InChI=1S/C52H72N8O15S/c1-33-34(2)48(35(3)39-20-21-52(7,8)75-47(33)39)76(68,69)57-49(53)59(28-37-18-19-38(70-9)24-40(37)71-10)23-15-22-58(43(63)26-56-50(67)73-32-36-16-13-12-14-17-36)29-41(61)54-25-44(64)60(31-46(66)74-51(4,5)6)30-42(62)55-27-45(65)72-11/h12-14,16-19,24H,15,20-23,25-32H2,1-11H3,(H2,53,57)(H,54,61)(H,55,62)(H,56,67). The van der Waals surface area contributed by atoms with E-state index in [-0.39, 0.29) is 37.6 Å². The molecule has 0 unspecified atom stereocenters. The molecule has 3 aromatic rings. The maximum atomic E-state index is 14.4. The van der Waals surface area contributed by atoms with E-state index in [2.05, 4.69) is 25.1 Å². The highest BCUT2D eigenvalue weighted by molar-refractivity contribution is 7.90. The molecule has 0 aliphatic carbocycles. The Bertz CT molecular complexity index is 2740. The van der Waals surface area contributed by atoms with E-state index < -0.39 is 108 Å². The van der Waals surface area contributed by atoms with Crippen LogP contribution in [0.2, 0.25) is 0 Å². The van der Waals surface area contributed by atoms with Gasteiger partial charge in [0.15, 0.2) is 0 Å². The summed E-state index contributed by atoms with van der Waals surface area (Å²) in [7, 11) is -0.416. The number of guanidine groups is 1. The molecule has 5 N–H and O–H groups in total. The summed E-state index contributed by atoms with van der Waals surface area (Å²) >= 11 is 0. The molecular formula is C52H72N8O15S. The van der Waals surface area contributed by atoms with Crippen molar-refractivity contribution < 1.29 is 70.4 Å². The molecule has 0 saturated carbocycles. The lowest BCUT2D eigenvalue weighted by Gasteiger charge is -2.35. The van der Waals surface area contributed by atoms with E-state index in [0.29, 0.717) is 57.9 Å². The normalized spacial score (nSPS) is 12.9. The molecule has 0 spiro atoms. The number of methoxy groups -OCH3 is 3. The number of nitrogens with two attached hydrogens (primary N) is 1. The summed E-state index contributed by atoms with van der Waals surface area (Å²) in [6.07, 6.45) is 0.348. The summed E-state index contributed by atoms with van der Waals surface area (Å²) in [6.45, 7) is 9.65. The second-order valence-electron chi connectivity index (χ2n) is 19.4. The van der Waals surface area contributed by atoms with Crippen molar-refractivity contribution in [2.75, 3.05) is 73.7 Å². The van der Waals surface area contributed by atoms with E-state index >= 15 is 0 Å². The zero-order valence-electron chi connectivity index (χ0n) is 45.2. The van der Waals surface area contributed by atoms with Gasteiger partial charge in [-0.2, -0.15) is 8.42 Å². The Morgan fingerprint density at radius 2 is 1.38 bits per heavy atom. The number of carbonyl (C=O) groups excluding carboxylic acids is 7. The van der Waals surface area contributed by atoms with Gasteiger partial charge in [0.1, 0.15) is 61.2 Å². The van der Waals surface area contributed by atoms with Crippen molar-refractivity contribution in [1.29, 1.82) is 0 Å². The molecular weight excluding hydrogens is 1010 g/mol. The van der Waals surface area contributed by atoms with Gasteiger partial charge >= 0.3 is 18.0 Å². The molecule has 3 aromatic carbocycles. The van der Waals surface area contributed by atoms with Gasteiger partial charge in [-0.1, -0.05) is 30.3 Å². The van der Waals surface area contributed by atoms with Crippen LogP contribution in [0, 0.1) is 20.8 Å². The van der Waals surface area contributed by atoms with Crippen LogP contribution in [0.4, 0.5) is 4.79 Å². The van der Waals surface area contributed by atoms with Gasteiger partial charge in [-0.25, -0.2) is 4.79 Å². The molecule has 0 fully saturated rings. The fourth-order valence-electron chi connectivity index (χ4n) is 7.95. The number of nitrogens with one attached hydrogen (secondary N) is 3. The minimum Gasteiger partial charge on any atom is -0.497 e. The fraction of sp³-hybridized carbons (Fsp3) is 0.500. The highest BCUT2D eigenvalue weighted by Gasteiger charge is 2.34. The molecule has 1 aliphatic rings. The molecule has 0 saturated heterocycles. The van der Waals surface area contributed by atoms with E-state index in [9.17, 15) is 42.0 Å². The Hall–Kier alpha value is -7.63. The summed E-state index contributed by atoms with van der Waals surface area (Å²) < 4.78 is 65.5. The Balaban J connectivity index is 1.62. The van der Waals surface area contributed by atoms with Crippen molar-refractivity contribution in [2.24, 2.45) is 10.1 Å². The topological polar surface area (TPSA) is 293 Å². The second-order valence-corrected chi connectivity index (χ2v) is 21.0. The first kappa shape index (κ1) is 60.9. The Morgan fingerprint density at radius 3 is 2.01 bits per heavy atom. The number of nitrogens with zero attached hydrogens (tertiary/aromatic N) is 4. The molecule has 76 heavy (non-hydrogen) atoms. The van der Waals surface area contributed by atoms with E-state index in [0.717, 1.165) is 22.5 Å². The van der Waals surface area contributed by atoms with Crippen LogP contribution in [0.25, 0.3) is 0 Å². The van der Waals surface area contributed by atoms with Crippen molar-refractivity contribution >= 4 is 57.6 Å². The summed E-state index contributed by atoms with van der Waals surface area (Å²) in [5.74, 6) is -3.81. The van der Waals surface area contributed by atoms with Crippen LogP contribution in [0.15, 0.2) is 57.8 Å². The Kier molecular flexibility index (Phi) is 21.8. The predicted molar refractivity (Wildman–Crippen MR) is 279 cm³/mol. The molecule has 416 valence electrons. The monoisotopic (exact) mass is 1080 g/mol. The zero-order chi connectivity index (χ0) is 56.5. The van der Waals surface area contributed by atoms with Gasteiger partial charge in [0.25, 0.3) is 10.0 Å². The molecule has 4 rings (SSSR count). The third-order valence-electron chi connectivity index (χ3n) is 12.0. The summed E-state index contributed by atoms with van der Waals surface area (Å²) in [6, 6.07) is 13.9. The van der Waals surface area contributed by atoms with Crippen molar-refractivity contribution in [1.82, 2.24) is 30.7 Å². The number of ether oxygens (including phenoxy) is 6. The molecule has 23 nitrogen and oxygen atoms in total. The second kappa shape index (κ2) is 27.2. The van der Waals surface area contributed by atoms with Crippen LogP contribution in [-0.2, 0) is 72.6 Å². The number of fused-ring (bicyclic) bond motifs is 1. The number of rotatable bonds is 24. The minimum atomic E-state index is -4.48. The molecule has 1 aliphatic heterocycles. The lowest BCUT2D eigenvalue weighted by molar-refractivity contribution is -0.159. The summed E-state index contributed by atoms with van der Waals surface area (Å²) in [5.41, 5.74) is 8.91. The predicted octanol–water partition coefficient (Wildman–Crippen LogP) is 2.96. The third kappa shape index (κ3) is 18.3. The van der Waals surface area contributed by atoms with Crippen molar-refractivity contribution in [2.45, 2.75) is 104 Å². The quantitative estimate of drug-likeness (QED) is 0.0434. The first-order chi connectivity index (χ1) is 35.7. The summed E-state index contributed by atoms with van der Waals surface area (Å²) in [4.78, 5) is 94.3. The van der Waals surface area contributed by atoms with Crippen LogP contribution in [-0.4, -0.2) is 156 Å². The number of carbonyl (C=O) groups is 7. The van der Waals surface area contributed by atoms with Crippen LogP contribution < -0.4 is 35.9 Å². The number of benzene rings is 3. The van der Waals surface area contributed by atoms with Gasteiger partial charge in [-0.3, -0.25) is 28.8 Å². The zero-order valence-corrected chi connectivity index (χ0v) is 46.0. The average molecular weight is 1080 g/mol. The van der Waals surface area contributed by atoms with Gasteiger partial charge < -0.3 is 64.8 Å². The highest BCUT2D eigenvalue weighted by Crippen LogP contribution is 2.42. The van der Waals surface area contributed by atoms with Gasteiger partial charge in [0.2, 0.25) is 29.6 Å². The highest BCUT2D eigenvalue weighted by atomic mass is 32.2. The molecule has 24 heteroatoms. The van der Waals surface area contributed by atoms with Crippen LogP contribution in [0.5, 0.6) is 17.2 Å². The molecule has 0 radical (unpaired) electrons. The van der Waals surface area contributed by atoms with E-state index in [1.807, 2.05) is 13.8 Å². The summed E-state index contributed by atoms with van der Waals surface area (Å²) in [5, 5.41) is 7.08. The maximum absolute atomic E-state index is 14.4. The number of sulfonamides is 1. The third-order valence-corrected chi connectivity index (χ3v) is 13.5. The van der Waals surface area contributed by atoms with Crippen LogP contribution in [0.1, 0.15) is 80.8 Å². The first-order valence-corrected chi connectivity index (χ1v) is 25.8. The maximum Gasteiger partial charge on any atom is 0.407 e. The SMILES string of the molecule is COC(=O)CNC(=O)CN(CC(=O)OC(C)(C)C)C(=O)CNC(=O)CN(CCCN(Cc1ccc(OC)cc1OC)/C(N)=N/S(=O)(=O)c1c(C)c(C)c2c(c1C)CCC(C)(C)O2)C(=O)CNC(=O)OCc1ccccc1. The first-order valence-electron chi connectivity index (χ1n) is 24.4. The Morgan fingerprint density at radius 1 is 0.763 bits per heavy atom. The largest absolute Gasteiger partial charge is 0.497 e. The van der Waals surface area contributed by atoms with Gasteiger partial charge in [0.05, 0.1) is 39.3 Å². The smallest absolute Gasteiger partial charge is 0.407 e. The molecule has 0 atom stereocenters. The van der Waals surface area contributed by atoms with Gasteiger partial charge in [-0.15, -0.1) is 4.40 Å². The number of alkyl carbamates (subject to hydrolysis) is 1. The number of hydrogen-bond donors (Lipinski definition) is 4.